The number of rotatable bonds is 5. The molecule has 0 fully saturated rings. The van der Waals surface area contributed by atoms with Crippen molar-refractivity contribution < 1.29 is 9.59 Å². The van der Waals surface area contributed by atoms with Crippen LogP contribution in [0.25, 0.3) is 11.3 Å². The number of thiazole rings is 1. The van der Waals surface area contributed by atoms with Crippen LogP contribution in [0.3, 0.4) is 0 Å². The maximum atomic E-state index is 12.3. The number of amides is 2. The quantitative estimate of drug-likeness (QED) is 0.657. The first kappa shape index (κ1) is 18.3. The van der Waals surface area contributed by atoms with Gasteiger partial charge in [0.15, 0.2) is 5.13 Å². The highest BCUT2D eigenvalue weighted by Gasteiger charge is 2.15. The Bertz CT molecular complexity index is 927. The molecular weight excluding hydrogens is 414 g/mol. The molecule has 0 unspecified atom stereocenters. The second-order valence-electron chi connectivity index (χ2n) is 5.62. The molecule has 0 atom stereocenters. The lowest BCUT2D eigenvalue weighted by atomic mass is 10.2. The van der Waals surface area contributed by atoms with E-state index in [1.54, 1.807) is 31.3 Å². The molecule has 2 amide bonds. The van der Waals surface area contributed by atoms with Crippen LogP contribution < -0.4 is 5.32 Å². The number of hydrogen-bond donors (Lipinski definition) is 1. The molecule has 1 heterocycles. The van der Waals surface area contributed by atoms with Crippen LogP contribution in [0.1, 0.15) is 10.4 Å². The Morgan fingerprint density at radius 2 is 1.92 bits per heavy atom. The summed E-state index contributed by atoms with van der Waals surface area (Å²) in [6.45, 7) is -0.0421. The van der Waals surface area contributed by atoms with Gasteiger partial charge in [0.1, 0.15) is 0 Å². The SMILES string of the molecule is CN(CC(=O)Nc1nc(-c2cccc(Br)c2)cs1)C(=O)c1ccccc1. The van der Waals surface area contributed by atoms with Gasteiger partial charge in [-0.15, -0.1) is 11.3 Å². The lowest BCUT2D eigenvalue weighted by molar-refractivity contribution is -0.116. The third kappa shape index (κ3) is 4.56. The van der Waals surface area contributed by atoms with Gasteiger partial charge in [0.2, 0.25) is 5.91 Å². The van der Waals surface area contributed by atoms with Crippen LogP contribution >= 0.6 is 27.3 Å². The van der Waals surface area contributed by atoms with E-state index >= 15 is 0 Å². The Hall–Kier alpha value is -2.51. The van der Waals surface area contributed by atoms with Crippen LogP contribution in [-0.2, 0) is 4.79 Å². The molecule has 7 heteroatoms. The van der Waals surface area contributed by atoms with Crippen molar-refractivity contribution in [1.82, 2.24) is 9.88 Å². The molecule has 0 bridgehead atoms. The second-order valence-corrected chi connectivity index (χ2v) is 7.40. The van der Waals surface area contributed by atoms with Crippen molar-refractivity contribution >= 4 is 44.2 Å². The normalized spacial score (nSPS) is 10.4. The predicted molar refractivity (Wildman–Crippen MR) is 107 cm³/mol. The molecule has 0 aliphatic carbocycles. The lowest BCUT2D eigenvalue weighted by Gasteiger charge is -2.16. The van der Waals surface area contributed by atoms with E-state index in [0.717, 1.165) is 15.7 Å². The first-order chi connectivity index (χ1) is 12.5. The van der Waals surface area contributed by atoms with E-state index in [-0.39, 0.29) is 18.4 Å². The highest BCUT2D eigenvalue weighted by molar-refractivity contribution is 9.10. The van der Waals surface area contributed by atoms with Crippen LogP contribution in [-0.4, -0.2) is 35.3 Å². The number of halogens is 1. The third-order valence-corrected chi connectivity index (χ3v) is 4.87. The number of nitrogens with zero attached hydrogens (tertiary/aromatic N) is 2. The Kier molecular flexibility index (Phi) is 5.80. The van der Waals surface area contributed by atoms with Crippen molar-refractivity contribution in [3.8, 4) is 11.3 Å². The van der Waals surface area contributed by atoms with Gasteiger partial charge in [0, 0.05) is 28.0 Å². The fourth-order valence-electron chi connectivity index (χ4n) is 2.36. The summed E-state index contributed by atoms with van der Waals surface area (Å²) < 4.78 is 0.967. The number of aromatic nitrogens is 1. The van der Waals surface area contributed by atoms with Crippen molar-refractivity contribution in [2.24, 2.45) is 0 Å². The minimum absolute atomic E-state index is 0.0421. The molecule has 0 aliphatic heterocycles. The Morgan fingerprint density at radius 3 is 2.65 bits per heavy atom. The zero-order chi connectivity index (χ0) is 18.5. The van der Waals surface area contributed by atoms with E-state index in [4.69, 9.17) is 0 Å². The molecule has 132 valence electrons. The smallest absolute Gasteiger partial charge is 0.254 e. The summed E-state index contributed by atoms with van der Waals surface area (Å²) in [6, 6.07) is 16.7. The molecule has 0 radical (unpaired) electrons. The molecule has 0 saturated carbocycles. The Morgan fingerprint density at radius 1 is 1.15 bits per heavy atom. The Labute approximate surface area is 163 Å². The molecule has 0 aliphatic rings. The van der Waals surface area contributed by atoms with E-state index in [9.17, 15) is 9.59 Å². The van der Waals surface area contributed by atoms with Crippen molar-refractivity contribution in [1.29, 1.82) is 0 Å². The van der Waals surface area contributed by atoms with Gasteiger partial charge in [-0.25, -0.2) is 4.98 Å². The monoisotopic (exact) mass is 429 g/mol. The number of carbonyl (C=O) groups is 2. The molecule has 26 heavy (non-hydrogen) atoms. The number of nitrogens with one attached hydrogen (secondary N) is 1. The number of carbonyl (C=O) groups excluding carboxylic acids is 2. The van der Waals surface area contributed by atoms with Gasteiger partial charge in [-0.05, 0) is 24.3 Å². The standard InChI is InChI=1S/C19H16BrN3O2S/c1-23(18(25)13-6-3-2-4-7-13)11-17(24)22-19-21-16(12-26-19)14-8-5-9-15(20)10-14/h2-10,12H,11H2,1H3,(H,21,22,24). The molecular formula is C19H16BrN3O2S. The van der Waals surface area contributed by atoms with Crippen LogP contribution in [0.2, 0.25) is 0 Å². The molecule has 3 aromatic rings. The summed E-state index contributed by atoms with van der Waals surface area (Å²) in [4.78, 5) is 30.3. The van der Waals surface area contributed by atoms with E-state index in [0.29, 0.717) is 10.7 Å². The molecule has 0 saturated heterocycles. The fourth-order valence-corrected chi connectivity index (χ4v) is 3.49. The van der Waals surface area contributed by atoms with Gasteiger partial charge in [-0.1, -0.05) is 46.3 Å². The number of anilines is 1. The van der Waals surface area contributed by atoms with Gasteiger partial charge in [0.25, 0.3) is 5.91 Å². The third-order valence-electron chi connectivity index (χ3n) is 3.62. The van der Waals surface area contributed by atoms with Crippen molar-refractivity contribution in [2.75, 3.05) is 18.9 Å². The van der Waals surface area contributed by atoms with Gasteiger partial charge < -0.3 is 10.2 Å². The minimum Gasteiger partial charge on any atom is -0.332 e. The summed E-state index contributed by atoms with van der Waals surface area (Å²) in [5.41, 5.74) is 2.31. The van der Waals surface area contributed by atoms with E-state index in [1.807, 2.05) is 35.7 Å². The summed E-state index contributed by atoms with van der Waals surface area (Å²) in [7, 11) is 1.60. The molecule has 0 spiro atoms. The maximum absolute atomic E-state index is 12.3. The highest BCUT2D eigenvalue weighted by atomic mass is 79.9. The van der Waals surface area contributed by atoms with Crippen LogP contribution in [0.5, 0.6) is 0 Å². The van der Waals surface area contributed by atoms with Crippen LogP contribution in [0.15, 0.2) is 64.5 Å². The summed E-state index contributed by atoms with van der Waals surface area (Å²) in [5.74, 6) is -0.485. The molecule has 1 N–H and O–H groups in total. The fraction of sp³-hybridized carbons (Fsp3) is 0.105. The largest absolute Gasteiger partial charge is 0.332 e. The first-order valence-electron chi connectivity index (χ1n) is 7.85. The maximum Gasteiger partial charge on any atom is 0.254 e. The van der Waals surface area contributed by atoms with Gasteiger partial charge in [-0.3, -0.25) is 9.59 Å². The average molecular weight is 430 g/mol. The zero-order valence-corrected chi connectivity index (χ0v) is 16.4. The van der Waals surface area contributed by atoms with Gasteiger partial charge in [0.05, 0.1) is 12.2 Å². The number of hydrogen-bond acceptors (Lipinski definition) is 4. The summed E-state index contributed by atoms with van der Waals surface area (Å²) in [5, 5.41) is 5.14. The van der Waals surface area contributed by atoms with Crippen molar-refractivity contribution in [3.63, 3.8) is 0 Å². The summed E-state index contributed by atoms with van der Waals surface area (Å²) in [6.07, 6.45) is 0. The Balaban J connectivity index is 1.61. The number of likely N-dealkylation sites (N-methyl/N-ethyl adjacent to an activating group) is 1. The van der Waals surface area contributed by atoms with Crippen molar-refractivity contribution in [3.05, 3.63) is 70.0 Å². The molecule has 5 nitrogen and oxygen atoms in total. The van der Waals surface area contributed by atoms with E-state index in [1.165, 1.54) is 16.2 Å². The van der Waals surface area contributed by atoms with Crippen molar-refractivity contribution in [2.45, 2.75) is 0 Å². The molecule has 1 aromatic heterocycles. The predicted octanol–water partition coefficient (Wildman–Crippen LogP) is 4.28. The van der Waals surface area contributed by atoms with E-state index in [2.05, 4.69) is 26.2 Å². The van der Waals surface area contributed by atoms with Gasteiger partial charge in [-0.2, -0.15) is 0 Å². The summed E-state index contributed by atoms with van der Waals surface area (Å²) >= 11 is 4.78. The number of benzene rings is 2. The second kappa shape index (κ2) is 8.25. The topological polar surface area (TPSA) is 62.3 Å². The van der Waals surface area contributed by atoms with E-state index < -0.39 is 0 Å². The van der Waals surface area contributed by atoms with Crippen LogP contribution in [0, 0.1) is 0 Å². The lowest BCUT2D eigenvalue weighted by Crippen LogP contribution is -2.34. The highest BCUT2D eigenvalue weighted by Crippen LogP contribution is 2.26. The van der Waals surface area contributed by atoms with Crippen LogP contribution in [0.4, 0.5) is 5.13 Å². The molecule has 2 aromatic carbocycles. The van der Waals surface area contributed by atoms with Gasteiger partial charge >= 0.3 is 0 Å². The zero-order valence-electron chi connectivity index (χ0n) is 14.0. The molecule has 3 rings (SSSR count). The average Bonchev–Trinajstić information content (AvgIpc) is 3.10. The first-order valence-corrected chi connectivity index (χ1v) is 9.52. The minimum atomic E-state index is -0.285.